The molecule has 0 aromatic heterocycles. The Hall–Kier alpha value is -1.60. The topological polar surface area (TPSA) is 66.9 Å². The van der Waals surface area contributed by atoms with Crippen LogP contribution in [-0.2, 0) is 21.2 Å². The third-order valence-electron chi connectivity index (χ3n) is 4.59. The van der Waals surface area contributed by atoms with Crippen molar-refractivity contribution in [2.45, 2.75) is 32.6 Å². The standard InChI is InChI=1S/C18H28N2O4S/c1-14(2)15-6-7-17(24-3)16(12-15)13-18(21)19-8-5-9-20(11-10-19)25(4,22)23/h6-7,12,14H,5,8-11,13H2,1-4H3. The van der Waals surface area contributed by atoms with E-state index in [2.05, 4.69) is 13.8 Å². The zero-order valence-corrected chi connectivity index (χ0v) is 16.3. The lowest BCUT2D eigenvalue weighted by molar-refractivity contribution is -0.130. The maximum absolute atomic E-state index is 12.7. The van der Waals surface area contributed by atoms with Gasteiger partial charge in [0.1, 0.15) is 5.75 Å². The van der Waals surface area contributed by atoms with E-state index in [1.165, 1.54) is 16.1 Å². The van der Waals surface area contributed by atoms with Gasteiger partial charge in [0.05, 0.1) is 19.8 Å². The van der Waals surface area contributed by atoms with Crippen molar-refractivity contribution in [3.63, 3.8) is 0 Å². The van der Waals surface area contributed by atoms with Crippen LogP contribution < -0.4 is 4.74 Å². The number of benzene rings is 1. The molecule has 7 heteroatoms. The Bertz CT molecular complexity index is 716. The zero-order valence-electron chi connectivity index (χ0n) is 15.5. The molecule has 0 spiro atoms. The SMILES string of the molecule is COc1ccc(C(C)C)cc1CC(=O)N1CCCN(S(C)(=O)=O)CC1. The molecule has 1 fully saturated rings. The summed E-state index contributed by atoms with van der Waals surface area (Å²) in [6.45, 7) is 6.06. The quantitative estimate of drug-likeness (QED) is 0.796. The first-order valence-corrected chi connectivity index (χ1v) is 10.5. The van der Waals surface area contributed by atoms with Crippen LogP contribution in [0.25, 0.3) is 0 Å². The fourth-order valence-electron chi connectivity index (χ4n) is 3.05. The van der Waals surface area contributed by atoms with Gasteiger partial charge in [0.2, 0.25) is 15.9 Å². The van der Waals surface area contributed by atoms with Crippen LogP contribution in [0.1, 0.15) is 37.3 Å². The first kappa shape index (κ1) is 19.7. The summed E-state index contributed by atoms with van der Waals surface area (Å²) < 4.78 is 30.2. The zero-order chi connectivity index (χ0) is 18.6. The summed E-state index contributed by atoms with van der Waals surface area (Å²) in [6.07, 6.45) is 2.14. The third kappa shape index (κ3) is 5.19. The van der Waals surface area contributed by atoms with Crippen LogP contribution in [0.5, 0.6) is 5.75 Å². The number of rotatable bonds is 5. The van der Waals surface area contributed by atoms with Crippen molar-refractivity contribution in [3.05, 3.63) is 29.3 Å². The predicted octanol–water partition coefficient (Wildman–Crippen LogP) is 1.85. The third-order valence-corrected chi connectivity index (χ3v) is 5.89. The van der Waals surface area contributed by atoms with Gasteiger partial charge in [0, 0.05) is 31.7 Å². The predicted molar refractivity (Wildman–Crippen MR) is 98.4 cm³/mol. The summed E-state index contributed by atoms with van der Waals surface area (Å²) in [5.41, 5.74) is 2.05. The fraction of sp³-hybridized carbons (Fsp3) is 0.611. The van der Waals surface area contributed by atoms with E-state index in [9.17, 15) is 13.2 Å². The molecule has 1 aliphatic heterocycles. The normalized spacial score (nSPS) is 16.8. The molecule has 1 aliphatic rings. The number of sulfonamides is 1. The first-order valence-electron chi connectivity index (χ1n) is 8.62. The number of carbonyl (C=O) groups excluding carboxylic acids is 1. The second-order valence-corrected chi connectivity index (χ2v) is 8.78. The number of amides is 1. The minimum absolute atomic E-state index is 0.00885. The average molecular weight is 368 g/mol. The Morgan fingerprint density at radius 3 is 2.52 bits per heavy atom. The summed E-state index contributed by atoms with van der Waals surface area (Å²) in [7, 11) is -1.60. The van der Waals surface area contributed by atoms with Gasteiger partial charge in [-0.05, 0) is 24.0 Å². The lowest BCUT2D eigenvalue weighted by atomic mass is 9.98. The van der Waals surface area contributed by atoms with Gasteiger partial charge >= 0.3 is 0 Å². The first-order chi connectivity index (χ1) is 11.7. The molecule has 1 saturated heterocycles. The molecule has 25 heavy (non-hydrogen) atoms. The largest absolute Gasteiger partial charge is 0.496 e. The van der Waals surface area contributed by atoms with Crippen LogP contribution in [0.15, 0.2) is 18.2 Å². The van der Waals surface area contributed by atoms with E-state index in [4.69, 9.17) is 4.74 Å². The van der Waals surface area contributed by atoms with Gasteiger partial charge < -0.3 is 9.64 Å². The maximum Gasteiger partial charge on any atom is 0.227 e. The number of nitrogens with zero attached hydrogens (tertiary/aromatic N) is 2. The van der Waals surface area contributed by atoms with Crippen LogP contribution in [0, 0.1) is 0 Å². The molecule has 0 aliphatic carbocycles. The number of carbonyl (C=O) groups is 1. The van der Waals surface area contributed by atoms with Crippen LogP contribution in [-0.4, -0.2) is 63.1 Å². The lowest BCUT2D eigenvalue weighted by Crippen LogP contribution is -2.37. The molecule has 1 aromatic rings. The minimum Gasteiger partial charge on any atom is -0.496 e. The van der Waals surface area contributed by atoms with Gasteiger partial charge in [-0.25, -0.2) is 12.7 Å². The molecule has 0 atom stereocenters. The van der Waals surface area contributed by atoms with E-state index in [0.29, 0.717) is 44.3 Å². The fourth-order valence-corrected chi connectivity index (χ4v) is 3.92. The van der Waals surface area contributed by atoms with Gasteiger partial charge in [-0.15, -0.1) is 0 Å². The van der Waals surface area contributed by atoms with E-state index in [1.54, 1.807) is 12.0 Å². The highest BCUT2D eigenvalue weighted by atomic mass is 32.2. The smallest absolute Gasteiger partial charge is 0.227 e. The van der Waals surface area contributed by atoms with Crippen molar-refractivity contribution in [1.29, 1.82) is 0 Å². The molecule has 0 radical (unpaired) electrons. The monoisotopic (exact) mass is 368 g/mol. The molecule has 140 valence electrons. The Kier molecular flexibility index (Phi) is 6.46. The van der Waals surface area contributed by atoms with E-state index in [-0.39, 0.29) is 12.3 Å². The Balaban J connectivity index is 2.10. The van der Waals surface area contributed by atoms with Crippen LogP contribution in [0.4, 0.5) is 0 Å². The van der Waals surface area contributed by atoms with Crippen molar-refractivity contribution in [2.75, 3.05) is 39.5 Å². The summed E-state index contributed by atoms with van der Waals surface area (Å²) in [5, 5.41) is 0. The molecule has 0 bridgehead atoms. The molecular weight excluding hydrogens is 340 g/mol. The lowest BCUT2D eigenvalue weighted by Gasteiger charge is -2.22. The van der Waals surface area contributed by atoms with Crippen molar-refractivity contribution >= 4 is 15.9 Å². The Morgan fingerprint density at radius 2 is 1.92 bits per heavy atom. The van der Waals surface area contributed by atoms with Crippen molar-refractivity contribution in [2.24, 2.45) is 0 Å². The molecular formula is C18H28N2O4S. The highest BCUT2D eigenvalue weighted by Gasteiger charge is 2.24. The highest BCUT2D eigenvalue weighted by Crippen LogP contribution is 2.25. The highest BCUT2D eigenvalue weighted by molar-refractivity contribution is 7.88. The molecule has 0 N–H and O–H groups in total. The Labute approximate surface area is 150 Å². The Morgan fingerprint density at radius 1 is 1.20 bits per heavy atom. The molecule has 2 rings (SSSR count). The van der Waals surface area contributed by atoms with E-state index in [1.807, 2.05) is 18.2 Å². The van der Waals surface area contributed by atoms with Gasteiger partial charge in [0.15, 0.2) is 0 Å². The number of hydrogen-bond donors (Lipinski definition) is 0. The second kappa shape index (κ2) is 8.19. The van der Waals surface area contributed by atoms with E-state index < -0.39 is 10.0 Å². The summed E-state index contributed by atoms with van der Waals surface area (Å²) in [4.78, 5) is 14.5. The van der Waals surface area contributed by atoms with Crippen LogP contribution in [0.2, 0.25) is 0 Å². The molecule has 6 nitrogen and oxygen atoms in total. The number of hydrogen-bond acceptors (Lipinski definition) is 4. The van der Waals surface area contributed by atoms with E-state index >= 15 is 0 Å². The van der Waals surface area contributed by atoms with Crippen molar-refractivity contribution in [3.8, 4) is 5.75 Å². The summed E-state index contributed by atoms with van der Waals surface area (Å²) in [5.74, 6) is 1.10. The van der Waals surface area contributed by atoms with Gasteiger partial charge in [0.25, 0.3) is 0 Å². The maximum atomic E-state index is 12.7. The average Bonchev–Trinajstić information content (AvgIpc) is 2.80. The van der Waals surface area contributed by atoms with Gasteiger partial charge in [-0.3, -0.25) is 4.79 Å². The molecule has 1 amide bonds. The van der Waals surface area contributed by atoms with Crippen LogP contribution >= 0.6 is 0 Å². The van der Waals surface area contributed by atoms with Gasteiger partial charge in [-0.1, -0.05) is 26.0 Å². The van der Waals surface area contributed by atoms with Crippen molar-refractivity contribution in [1.82, 2.24) is 9.21 Å². The molecule has 1 heterocycles. The van der Waals surface area contributed by atoms with Crippen molar-refractivity contribution < 1.29 is 17.9 Å². The van der Waals surface area contributed by atoms with E-state index in [0.717, 1.165) is 5.56 Å². The van der Waals surface area contributed by atoms with Gasteiger partial charge in [-0.2, -0.15) is 0 Å². The second-order valence-electron chi connectivity index (χ2n) is 6.80. The molecule has 0 unspecified atom stereocenters. The minimum atomic E-state index is -3.21. The molecule has 0 saturated carbocycles. The summed E-state index contributed by atoms with van der Waals surface area (Å²) in [6, 6.07) is 5.96. The number of methoxy groups -OCH3 is 1. The summed E-state index contributed by atoms with van der Waals surface area (Å²) >= 11 is 0. The molecule has 1 aromatic carbocycles. The number of ether oxygens (including phenoxy) is 1. The van der Waals surface area contributed by atoms with Crippen LogP contribution in [0.3, 0.4) is 0 Å².